The Morgan fingerprint density at radius 1 is 1.33 bits per heavy atom. The van der Waals surface area contributed by atoms with Crippen molar-refractivity contribution in [3.63, 3.8) is 0 Å². The van der Waals surface area contributed by atoms with Crippen LogP contribution in [0.15, 0.2) is 18.3 Å². The number of benzene rings is 1. The number of fused-ring (bicyclic) bond motifs is 1. The highest BCUT2D eigenvalue weighted by Gasteiger charge is 2.31. The summed E-state index contributed by atoms with van der Waals surface area (Å²) in [6.07, 6.45) is 2.95. The molecule has 1 aliphatic carbocycles. The summed E-state index contributed by atoms with van der Waals surface area (Å²) in [6.45, 7) is 7.23. The lowest BCUT2D eigenvalue weighted by molar-refractivity contribution is 0.445. The van der Waals surface area contributed by atoms with Crippen molar-refractivity contribution in [3.8, 4) is 5.75 Å². The van der Waals surface area contributed by atoms with Crippen LogP contribution in [0, 0.1) is 13.8 Å². The number of aromatic hydroxyl groups is 1. The highest BCUT2D eigenvalue weighted by atomic mass is 16.3. The summed E-state index contributed by atoms with van der Waals surface area (Å²) < 4.78 is 1.89. The summed E-state index contributed by atoms with van der Waals surface area (Å²) in [4.78, 5) is 0. The minimum Gasteiger partial charge on any atom is -0.508 e. The van der Waals surface area contributed by atoms with Gasteiger partial charge in [0, 0.05) is 36.5 Å². The Hall–Kier alpha value is -1.81. The number of hydrogen-bond donors (Lipinski definition) is 2. The topological polar surface area (TPSA) is 50.1 Å². The van der Waals surface area contributed by atoms with E-state index >= 15 is 0 Å². The van der Waals surface area contributed by atoms with Crippen LogP contribution >= 0.6 is 0 Å². The van der Waals surface area contributed by atoms with E-state index in [4.69, 9.17) is 0 Å². The molecule has 4 heteroatoms. The Labute approximate surface area is 125 Å². The lowest BCUT2D eigenvalue weighted by Gasteiger charge is -2.15. The Morgan fingerprint density at radius 2 is 2.10 bits per heavy atom. The van der Waals surface area contributed by atoms with Crippen molar-refractivity contribution in [1.82, 2.24) is 15.1 Å². The molecule has 0 aliphatic heterocycles. The standard InChI is InChI=1S/C17H23N3O/c1-10-5-6-15(21)17-14(7-11(2)16(10)17)18-8-13-9-19-20(4)12(13)3/h5-6,9,11,14,18,21H,7-8H2,1-4H3. The van der Waals surface area contributed by atoms with Crippen LogP contribution in [-0.4, -0.2) is 14.9 Å². The van der Waals surface area contributed by atoms with Gasteiger partial charge in [0.05, 0.1) is 6.20 Å². The van der Waals surface area contributed by atoms with Gasteiger partial charge in [0.25, 0.3) is 0 Å². The first-order chi connectivity index (χ1) is 9.99. The van der Waals surface area contributed by atoms with Gasteiger partial charge in [-0.1, -0.05) is 13.0 Å². The maximum Gasteiger partial charge on any atom is 0.120 e. The molecule has 0 spiro atoms. The van der Waals surface area contributed by atoms with Crippen molar-refractivity contribution in [2.24, 2.45) is 7.05 Å². The number of phenolic OH excluding ortho intramolecular Hbond substituents is 1. The van der Waals surface area contributed by atoms with E-state index in [1.807, 2.05) is 30.1 Å². The summed E-state index contributed by atoms with van der Waals surface area (Å²) in [6, 6.07) is 4.05. The highest BCUT2D eigenvalue weighted by molar-refractivity contribution is 5.50. The second-order valence-electron chi connectivity index (χ2n) is 6.18. The quantitative estimate of drug-likeness (QED) is 0.911. The van der Waals surface area contributed by atoms with Crippen LogP contribution in [0.4, 0.5) is 0 Å². The third kappa shape index (κ3) is 2.33. The lowest BCUT2D eigenvalue weighted by atomic mass is 9.97. The molecule has 0 saturated heterocycles. The zero-order valence-corrected chi connectivity index (χ0v) is 13.1. The molecule has 0 radical (unpaired) electrons. The second kappa shape index (κ2) is 5.19. The number of aromatic nitrogens is 2. The largest absolute Gasteiger partial charge is 0.508 e. The third-order valence-electron chi connectivity index (χ3n) is 4.79. The van der Waals surface area contributed by atoms with Crippen LogP contribution < -0.4 is 5.32 Å². The molecule has 4 nitrogen and oxygen atoms in total. The van der Waals surface area contributed by atoms with E-state index < -0.39 is 0 Å². The van der Waals surface area contributed by atoms with Crippen LogP contribution in [0.2, 0.25) is 0 Å². The molecule has 2 unspecified atom stereocenters. The molecule has 0 amide bonds. The average Bonchev–Trinajstić information content (AvgIpc) is 2.95. The highest BCUT2D eigenvalue weighted by Crippen LogP contribution is 2.45. The van der Waals surface area contributed by atoms with Gasteiger partial charge in [-0.3, -0.25) is 4.68 Å². The molecule has 2 aromatic rings. The van der Waals surface area contributed by atoms with E-state index in [0.717, 1.165) is 18.5 Å². The molecule has 112 valence electrons. The average molecular weight is 285 g/mol. The number of rotatable bonds is 3. The van der Waals surface area contributed by atoms with E-state index in [1.54, 1.807) is 0 Å². The molecule has 2 N–H and O–H groups in total. The summed E-state index contributed by atoms with van der Waals surface area (Å²) in [7, 11) is 1.96. The normalized spacial score (nSPS) is 20.8. The summed E-state index contributed by atoms with van der Waals surface area (Å²) in [5.41, 5.74) is 6.07. The van der Waals surface area contributed by atoms with Gasteiger partial charge in [-0.15, -0.1) is 0 Å². The fourth-order valence-corrected chi connectivity index (χ4v) is 3.48. The van der Waals surface area contributed by atoms with Gasteiger partial charge in [0.1, 0.15) is 5.75 Å². The van der Waals surface area contributed by atoms with Crippen LogP contribution in [0.5, 0.6) is 5.75 Å². The summed E-state index contributed by atoms with van der Waals surface area (Å²) in [5.74, 6) is 0.903. The molecule has 3 rings (SSSR count). The molecular formula is C17H23N3O. The van der Waals surface area contributed by atoms with Crippen molar-refractivity contribution in [2.75, 3.05) is 0 Å². The fraction of sp³-hybridized carbons (Fsp3) is 0.471. The number of phenols is 1. The van der Waals surface area contributed by atoms with Gasteiger partial charge < -0.3 is 10.4 Å². The predicted molar refractivity (Wildman–Crippen MR) is 83.4 cm³/mol. The van der Waals surface area contributed by atoms with E-state index in [0.29, 0.717) is 11.7 Å². The number of hydrogen-bond acceptors (Lipinski definition) is 3. The van der Waals surface area contributed by atoms with Crippen molar-refractivity contribution >= 4 is 0 Å². The second-order valence-corrected chi connectivity index (χ2v) is 6.18. The van der Waals surface area contributed by atoms with E-state index in [-0.39, 0.29) is 6.04 Å². The molecule has 1 aromatic heterocycles. The van der Waals surface area contributed by atoms with Crippen LogP contribution in [0.25, 0.3) is 0 Å². The van der Waals surface area contributed by atoms with E-state index in [1.165, 1.54) is 22.4 Å². The Morgan fingerprint density at radius 3 is 2.76 bits per heavy atom. The molecule has 1 aliphatic rings. The summed E-state index contributed by atoms with van der Waals surface area (Å²) in [5, 5.41) is 18.1. The zero-order chi connectivity index (χ0) is 15.1. The van der Waals surface area contributed by atoms with Crippen LogP contribution in [0.1, 0.15) is 53.3 Å². The molecular weight excluding hydrogens is 262 g/mol. The van der Waals surface area contributed by atoms with E-state index in [9.17, 15) is 5.11 Å². The van der Waals surface area contributed by atoms with Gasteiger partial charge in [-0.25, -0.2) is 0 Å². The smallest absolute Gasteiger partial charge is 0.120 e. The van der Waals surface area contributed by atoms with Crippen LogP contribution in [-0.2, 0) is 13.6 Å². The van der Waals surface area contributed by atoms with Crippen molar-refractivity contribution in [3.05, 3.63) is 46.3 Å². The number of nitrogens with one attached hydrogen (secondary N) is 1. The van der Waals surface area contributed by atoms with Gasteiger partial charge in [0.15, 0.2) is 0 Å². The molecule has 0 bridgehead atoms. The molecule has 2 atom stereocenters. The Balaban J connectivity index is 1.84. The molecule has 0 saturated carbocycles. The SMILES string of the molecule is Cc1ccc(O)c2c1C(C)CC2NCc1cnn(C)c1C. The Kier molecular flexibility index (Phi) is 3.49. The van der Waals surface area contributed by atoms with Gasteiger partial charge >= 0.3 is 0 Å². The van der Waals surface area contributed by atoms with Crippen molar-refractivity contribution in [1.29, 1.82) is 0 Å². The van der Waals surface area contributed by atoms with Gasteiger partial charge in [-0.2, -0.15) is 5.10 Å². The molecule has 1 heterocycles. The number of aryl methyl sites for hydroxylation is 2. The number of nitrogens with zero attached hydrogens (tertiary/aromatic N) is 2. The van der Waals surface area contributed by atoms with Crippen LogP contribution in [0.3, 0.4) is 0 Å². The molecule has 21 heavy (non-hydrogen) atoms. The zero-order valence-electron chi connectivity index (χ0n) is 13.1. The first-order valence-electron chi connectivity index (χ1n) is 7.52. The maximum atomic E-state index is 10.2. The first kappa shape index (κ1) is 14.1. The van der Waals surface area contributed by atoms with Gasteiger partial charge in [-0.05, 0) is 43.4 Å². The van der Waals surface area contributed by atoms with Crippen molar-refractivity contribution in [2.45, 2.75) is 45.7 Å². The summed E-state index contributed by atoms with van der Waals surface area (Å²) >= 11 is 0. The Bertz CT molecular complexity index is 675. The monoisotopic (exact) mass is 285 g/mol. The lowest BCUT2D eigenvalue weighted by Crippen LogP contribution is -2.19. The minimum atomic E-state index is 0.217. The van der Waals surface area contributed by atoms with E-state index in [2.05, 4.69) is 31.2 Å². The van der Waals surface area contributed by atoms with Gasteiger partial charge in [0.2, 0.25) is 0 Å². The minimum absolute atomic E-state index is 0.217. The fourth-order valence-electron chi connectivity index (χ4n) is 3.48. The third-order valence-corrected chi connectivity index (χ3v) is 4.79. The first-order valence-corrected chi connectivity index (χ1v) is 7.52. The predicted octanol–water partition coefficient (Wildman–Crippen LogP) is 3.08. The van der Waals surface area contributed by atoms with Crippen molar-refractivity contribution < 1.29 is 5.11 Å². The molecule has 0 fully saturated rings. The molecule has 1 aromatic carbocycles. The maximum absolute atomic E-state index is 10.2.